The Morgan fingerprint density at radius 1 is 1.12 bits per heavy atom. The standard InChI is InChI=1S/C20H17ClN2O3/c1-2-25-17-9-5-15(6-10-17)20(24)23-22-13-18-11-12-19(26-18)14-3-7-16(21)8-4-14/h3-13H,2H2,1H3,(H,23,24)/b22-13-. The first-order valence-corrected chi connectivity index (χ1v) is 8.45. The molecule has 0 saturated carbocycles. The van der Waals surface area contributed by atoms with Gasteiger partial charge in [0.2, 0.25) is 0 Å². The van der Waals surface area contributed by atoms with E-state index in [1.54, 1.807) is 42.5 Å². The van der Waals surface area contributed by atoms with Gasteiger partial charge in [0.05, 0.1) is 12.8 Å². The molecule has 0 radical (unpaired) electrons. The second kappa shape index (κ2) is 8.36. The van der Waals surface area contributed by atoms with Gasteiger partial charge in [-0.3, -0.25) is 4.79 Å². The molecule has 132 valence electrons. The van der Waals surface area contributed by atoms with Crippen LogP contribution in [0.4, 0.5) is 0 Å². The molecule has 0 aliphatic rings. The van der Waals surface area contributed by atoms with Crippen molar-refractivity contribution in [3.05, 3.63) is 77.0 Å². The molecule has 0 bridgehead atoms. The molecule has 5 nitrogen and oxygen atoms in total. The number of furan rings is 1. The lowest BCUT2D eigenvalue weighted by atomic mass is 10.2. The Kier molecular flexibility index (Phi) is 5.71. The fourth-order valence-corrected chi connectivity index (χ4v) is 2.41. The first-order chi connectivity index (χ1) is 12.7. The molecule has 6 heteroatoms. The summed E-state index contributed by atoms with van der Waals surface area (Å²) >= 11 is 5.88. The summed E-state index contributed by atoms with van der Waals surface area (Å²) in [5, 5.41) is 4.59. The number of benzene rings is 2. The number of hydrazone groups is 1. The van der Waals surface area contributed by atoms with Gasteiger partial charge in [-0.1, -0.05) is 11.6 Å². The first-order valence-electron chi connectivity index (χ1n) is 8.08. The molecule has 1 N–H and O–H groups in total. The fraction of sp³-hybridized carbons (Fsp3) is 0.100. The van der Waals surface area contributed by atoms with Crippen LogP contribution in [0.2, 0.25) is 5.02 Å². The number of hydrogen-bond acceptors (Lipinski definition) is 4. The Hall–Kier alpha value is -3.05. The highest BCUT2D eigenvalue weighted by Crippen LogP contribution is 2.23. The highest BCUT2D eigenvalue weighted by molar-refractivity contribution is 6.30. The lowest BCUT2D eigenvalue weighted by molar-refractivity contribution is 0.0955. The summed E-state index contributed by atoms with van der Waals surface area (Å²) in [6.07, 6.45) is 1.45. The van der Waals surface area contributed by atoms with Gasteiger partial charge in [-0.15, -0.1) is 0 Å². The van der Waals surface area contributed by atoms with Crippen LogP contribution in [0.25, 0.3) is 11.3 Å². The number of nitrogens with one attached hydrogen (secondary N) is 1. The number of carbonyl (C=O) groups excluding carboxylic acids is 1. The van der Waals surface area contributed by atoms with E-state index in [0.717, 1.165) is 11.3 Å². The van der Waals surface area contributed by atoms with Crippen LogP contribution in [0.1, 0.15) is 23.0 Å². The van der Waals surface area contributed by atoms with Gasteiger partial charge >= 0.3 is 0 Å². The van der Waals surface area contributed by atoms with E-state index in [4.69, 9.17) is 20.8 Å². The van der Waals surface area contributed by atoms with Crippen molar-refractivity contribution >= 4 is 23.7 Å². The lowest BCUT2D eigenvalue weighted by Crippen LogP contribution is -2.17. The average Bonchev–Trinajstić information content (AvgIpc) is 3.12. The largest absolute Gasteiger partial charge is 0.494 e. The number of hydrogen-bond donors (Lipinski definition) is 1. The smallest absolute Gasteiger partial charge is 0.271 e. The quantitative estimate of drug-likeness (QED) is 0.504. The molecule has 2 aromatic carbocycles. The summed E-state index contributed by atoms with van der Waals surface area (Å²) in [6, 6.07) is 17.8. The third-order valence-electron chi connectivity index (χ3n) is 3.54. The zero-order valence-corrected chi connectivity index (χ0v) is 14.9. The molecule has 26 heavy (non-hydrogen) atoms. The first kappa shape index (κ1) is 17.8. The Morgan fingerprint density at radius 3 is 2.54 bits per heavy atom. The van der Waals surface area contributed by atoms with E-state index < -0.39 is 0 Å². The van der Waals surface area contributed by atoms with Crippen molar-refractivity contribution in [2.45, 2.75) is 6.92 Å². The number of rotatable bonds is 6. The van der Waals surface area contributed by atoms with Crippen LogP contribution in [0.5, 0.6) is 5.75 Å². The van der Waals surface area contributed by atoms with Gasteiger partial charge in [-0.05, 0) is 67.6 Å². The topological polar surface area (TPSA) is 63.8 Å². The summed E-state index contributed by atoms with van der Waals surface area (Å²) in [7, 11) is 0. The molecular weight excluding hydrogens is 352 g/mol. The Balaban J connectivity index is 1.60. The van der Waals surface area contributed by atoms with Crippen LogP contribution >= 0.6 is 11.6 Å². The van der Waals surface area contributed by atoms with Gasteiger partial charge in [-0.2, -0.15) is 5.10 Å². The summed E-state index contributed by atoms with van der Waals surface area (Å²) < 4.78 is 11.0. The Labute approximate surface area is 156 Å². The minimum atomic E-state index is -0.311. The minimum Gasteiger partial charge on any atom is -0.494 e. The van der Waals surface area contributed by atoms with Gasteiger partial charge in [-0.25, -0.2) is 5.43 Å². The fourth-order valence-electron chi connectivity index (χ4n) is 2.28. The second-order valence-corrected chi connectivity index (χ2v) is 5.80. The van der Waals surface area contributed by atoms with Crippen LogP contribution < -0.4 is 10.2 Å². The number of ether oxygens (including phenoxy) is 1. The zero-order chi connectivity index (χ0) is 18.4. The van der Waals surface area contributed by atoms with Crippen molar-refractivity contribution in [3.63, 3.8) is 0 Å². The molecule has 0 atom stereocenters. The van der Waals surface area contributed by atoms with Crippen LogP contribution in [0.15, 0.2) is 70.2 Å². The molecule has 1 amide bonds. The summed E-state index contributed by atoms with van der Waals surface area (Å²) in [5.74, 6) is 1.63. The van der Waals surface area contributed by atoms with Gasteiger partial charge in [0, 0.05) is 16.1 Å². The van der Waals surface area contributed by atoms with Crippen LogP contribution in [-0.2, 0) is 0 Å². The van der Waals surface area contributed by atoms with E-state index in [1.807, 2.05) is 25.1 Å². The highest BCUT2D eigenvalue weighted by atomic mass is 35.5. The van der Waals surface area contributed by atoms with E-state index in [2.05, 4.69) is 10.5 Å². The second-order valence-electron chi connectivity index (χ2n) is 5.37. The number of carbonyl (C=O) groups is 1. The third-order valence-corrected chi connectivity index (χ3v) is 3.79. The molecule has 0 fully saturated rings. The van der Waals surface area contributed by atoms with E-state index in [1.165, 1.54) is 6.21 Å². The zero-order valence-electron chi connectivity index (χ0n) is 14.1. The van der Waals surface area contributed by atoms with Gasteiger partial charge in [0.15, 0.2) is 0 Å². The van der Waals surface area contributed by atoms with Gasteiger partial charge in [0.1, 0.15) is 17.3 Å². The predicted molar refractivity (Wildman–Crippen MR) is 102 cm³/mol. The van der Waals surface area contributed by atoms with Crippen molar-refractivity contribution in [3.8, 4) is 17.1 Å². The van der Waals surface area contributed by atoms with E-state index in [-0.39, 0.29) is 5.91 Å². The molecule has 0 unspecified atom stereocenters. The number of amides is 1. The van der Waals surface area contributed by atoms with Gasteiger partial charge < -0.3 is 9.15 Å². The third kappa shape index (κ3) is 4.52. The maximum absolute atomic E-state index is 12.1. The van der Waals surface area contributed by atoms with Crippen molar-refractivity contribution < 1.29 is 13.9 Å². The molecule has 0 aliphatic heterocycles. The molecule has 0 spiro atoms. The molecule has 3 aromatic rings. The van der Waals surface area contributed by atoms with Crippen LogP contribution in [0, 0.1) is 0 Å². The molecule has 0 saturated heterocycles. The number of halogens is 1. The van der Waals surface area contributed by atoms with E-state index in [0.29, 0.717) is 28.7 Å². The summed E-state index contributed by atoms with van der Waals surface area (Å²) in [5.41, 5.74) is 3.87. The average molecular weight is 369 g/mol. The van der Waals surface area contributed by atoms with Crippen molar-refractivity contribution in [1.82, 2.24) is 5.43 Å². The number of nitrogens with zero attached hydrogens (tertiary/aromatic N) is 1. The normalized spacial score (nSPS) is 10.8. The highest BCUT2D eigenvalue weighted by Gasteiger charge is 2.05. The Bertz CT molecular complexity index is 900. The molecule has 1 heterocycles. The monoisotopic (exact) mass is 368 g/mol. The molecular formula is C20H17ClN2O3. The lowest BCUT2D eigenvalue weighted by Gasteiger charge is -2.03. The Morgan fingerprint density at radius 2 is 1.85 bits per heavy atom. The van der Waals surface area contributed by atoms with Crippen molar-refractivity contribution in [2.75, 3.05) is 6.61 Å². The van der Waals surface area contributed by atoms with Crippen LogP contribution in [0.3, 0.4) is 0 Å². The SMILES string of the molecule is CCOc1ccc(C(=O)N/N=C\c2ccc(-c3ccc(Cl)cc3)o2)cc1. The van der Waals surface area contributed by atoms with Crippen molar-refractivity contribution in [2.24, 2.45) is 5.10 Å². The molecule has 1 aromatic heterocycles. The molecule has 3 rings (SSSR count). The maximum atomic E-state index is 12.1. The molecule has 0 aliphatic carbocycles. The summed E-state index contributed by atoms with van der Waals surface area (Å²) in [4.78, 5) is 12.1. The van der Waals surface area contributed by atoms with Crippen molar-refractivity contribution in [1.29, 1.82) is 0 Å². The summed E-state index contributed by atoms with van der Waals surface area (Å²) in [6.45, 7) is 2.49. The van der Waals surface area contributed by atoms with Gasteiger partial charge in [0.25, 0.3) is 5.91 Å². The van der Waals surface area contributed by atoms with Crippen LogP contribution in [-0.4, -0.2) is 18.7 Å². The van der Waals surface area contributed by atoms with E-state index >= 15 is 0 Å². The minimum absolute atomic E-state index is 0.311. The van der Waals surface area contributed by atoms with E-state index in [9.17, 15) is 4.79 Å². The predicted octanol–water partition coefficient (Wildman–Crippen LogP) is 4.76. The maximum Gasteiger partial charge on any atom is 0.271 e.